The molecule has 0 bridgehead atoms. The minimum absolute atomic E-state index is 0. The first-order valence-electron chi connectivity index (χ1n) is 7.60. The largest absolute Gasteiger partial charge is 0.489 e. The monoisotopic (exact) mass is 355 g/mol. The number of ether oxygens (including phenoxy) is 1. The molecular weight excluding hydrogens is 330 g/mol. The molecule has 1 heterocycles. The van der Waals surface area contributed by atoms with E-state index < -0.39 is 0 Å². The maximum absolute atomic E-state index is 11.0. The van der Waals surface area contributed by atoms with Crippen LogP contribution >= 0.6 is 11.3 Å². The van der Waals surface area contributed by atoms with E-state index in [0.29, 0.717) is 6.61 Å². The van der Waals surface area contributed by atoms with Crippen molar-refractivity contribution in [2.75, 3.05) is 11.9 Å². The third-order valence-corrected chi connectivity index (χ3v) is 4.64. The van der Waals surface area contributed by atoms with Gasteiger partial charge in [0.2, 0.25) is 0 Å². The predicted molar refractivity (Wildman–Crippen MR) is 108 cm³/mol. The maximum atomic E-state index is 11.0. The van der Waals surface area contributed by atoms with E-state index in [-0.39, 0.29) is 7.43 Å². The van der Waals surface area contributed by atoms with E-state index in [9.17, 15) is 4.79 Å². The van der Waals surface area contributed by atoms with Gasteiger partial charge in [0, 0.05) is 13.2 Å². The zero-order valence-corrected chi connectivity index (χ0v) is 14.8. The second-order valence-corrected chi connectivity index (χ2v) is 6.32. The quantitative estimate of drug-likeness (QED) is 0.343. The number of benzene rings is 1. The summed E-state index contributed by atoms with van der Waals surface area (Å²) in [6, 6.07) is 12.0. The predicted octanol–water partition coefficient (Wildman–Crippen LogP) is 5.74. The molecule has 0 aliphatic carbocycles. The van der Waals surface area contributed by atoms with Crippen LogP contribution in [-0.2, 0) is 11.3 Å². The highest BCUT2D eigenvalue weighted by Crippen LogP contribution is 2.28. The van der Waals surface area contributed by atoms with Gasteiger partial charge in [-0.05, 0) is 36.3 Å². The molecule has 0 amide bonds. The fraction of sp³-hybridized carbons (Fsp3) is 0.190. The number of rotatable bonds is 8. The van der Waals surface area contributed by atoms with Crippen molar-refractivity contribution in [2.24, 2.45) is 0 Å². The van der Waals surface area contributed by atoms with E-state index in [1.54, 1.807) is 6.08 Å². The lowest BCUT2D eigenvalue weighted by molar-refractivity contribution is 0.112. The van der Waals surface area contributed by atoms with Crippen LogP contribution in [0.5, 0.6) is 0 Å². The van der Waals surface area contributed by atoms with Gasteiger partial charge >= 0.3 is 0 Å². The number of carbonyl (C=O) groups excluding carboxylic acids is 1. The van der Waals surface area contributed by atoms with Crippen LogP contribution in [0.1, 0.15) is 28.2 Å². The first-order valence-corrected chi connectivity index (χ1v) is 8.41. The molecule has 0 saturated heterocycles. The molecule has 0 aliphatic rings. The smallest absolute Gasteiger partial charge is 0.160 e. The summed E-state index contributed by atoms with van der Waals surface area (Å²) in [5.41, 5.74) is 2.10. The van der Waals surface area contributed by atoms with Gasteiger partial charge in [-0.1, -0.05) is 50.4 Å². The summed E-state index contributed by atoms with van der Waals surface area (Å²) < 4.78 is 5.83. The van der Waals surface area contributed by atoms with Gasteiger partial charge in [0.15, 0.2) is 6.29 Å². The van der Waals surface area contributed by atoms with Gasteiger partial charge in [-0.25, -0.2) is 0 Å². The van der Waals surface area contributed by atoms with Gasteiger partial charge < -0.3 is 9.64 Å². The number of hydrogen-bond donors (Lipinski definition) is 0. The van der Waals surface area contributed by atoms with Gasteiger partial charge in [-0.15, -0.1) is 11.3 Å². The Morgan fingerprint density at radius 1 is 1.32 bits per heavy atom. The summed E-state index contributed by atoms with van der Waals surface area (Å²) in [6.07, 6.45) is 8.22. The molecule has 0 aliphatic heterocycles. The average Bonchev–Trinajstić information content (AvgIpc) is 2.99. The van der Waals surface area contributed by atoms with Crippen molar-refractivity contribution in [2.45, 2.75) is 21.0 Å². The summed E-state index contributed by atoms with van der Waals surface area (Å²) in [5, 5.41) is 1.01. The fourth-order valence-corrected chi connectivity index (χ4v) is 2.97. The number of anilines is 1. The molecule has 25 heavy (non-hydrogen) atoms. The van der Waals surface area contributed by atoms with Crippen molar-refractivity contribution in [3.8, 4) is 0 Å². The van der Waals surface area contributed by atoms with E-state index >= 15 is 0 Å². The highest BCUT2D eigenvalue weighted by Gasteiger charge is 2.07. The Hall–Kier alpha value is -2.59. The summed E-state index contributed by atoms with van der Waals surface area (Å²) >= 11 is 1.47. The van der Waals surface area contributed by atoms with Gasteiger partial charge in [0.1, 0.15) is 12.4 Å². The molecule has 0 saturated carbocycles. The fourth-order valence-electron chi connectivity index (χ4n) is 2.04. The van der Waals surface area contributed by atoms with Crippen LogP contribution < -0.4 is 4.90 Å². The number of hydrogen-bond acceptors (Lipinski definition) is 4. The first kappa shape index (κ1) is 20.5. The summed E-state index contributed by atoms with van der Waals surface area (Å²) in [4.78, 5) is 13.7. The molecule has 0 unspecified atom stereocenters. The molecule has 4 heteroatoms. The van der Waals surface area contributed by atoms with E-state index in [2.05, 4.69) is 6.58 Å². The molecule has 0 fully saturated rings. The summed E-state index contributed by atoms with van der Waals surface area (Å²) in [6.45, 7) is 6.17. The lowest BCUT2D eigenvalue weighted by Gasteiger charge is -2.12. The SMILES string of the molecule is C.C=C/C=C(\C=C/N(C)c1cc(C)c(C=O)s1)OCc1ccccc1. The van der Waals surface area contributed by atoms with Crippen molar-refractivity contribution in [1.29, 1.82) is 0 Å². The van der Waals surface area contributed by atoms with Crippen molar-refractivity contribution in [3.63, 3.8) is 0 Å². The third kappa shape index (κ3) is 6.08. The zero-order chi connectivity index (χ0) is 17.4. The Morgan fingerprint density at radius 2 is 2.04 bits per heavy atom. The highest BCUT2D eigenvalue weighted by molar-refractivity contribution is 7.17. The van der Waals surface area contributed by atoms with E-state index in [1.165, 1.54) is 11.3 Å². The molecule has 1 aromatic carbocycles. The Balaban J connectivity index is 0.00000312. The molecular formula is C21H25NO2S. The normalized spacial score (nSPS) is 11.0. The molecule has 2 rings (SSSR count). The molecule has 2 aromatic rings. The molecule has 0 atom stereocenters. The molecule has 132 valence electrons. The Labute approximate surface area is 154 Å². The van der Waals surface area contributed by atoms with E-state index in [0.717, 1.165) is 33.1 Å². The standard InChI is InChI=1S/C20H21NO2S.CH4/c1-4-8-18(23-15-17-9-6-5-7-10-17)11-12-21(3)20-13-16(2)19(14-22)24-20;/h4-14H,1,15H2,2-3H3;1H4/b12-11-,18-8+;. The van der Waals surface area contributed by atoms with Crippen molar-refractivity contribution < 1.29 is 9.53 Å². The van der Waals surface area contributed by atoms with Crippen LogP contribution in [-0.4, -0.2) is 13.3 Å². The zero-order valence-electron chi connectivity index (χ0n) is 13.9. The van der Waals surface area contributed by atoms with Crippen molar-refractivity contribution in [1.82, 2.24) is 0 Å². The van der Waals surface area contributed by atoms with E-state index in [1.807, 2.05) is 73.6 Å². The minimum atomic E-state index is 0. The lowest BCUT2D eigenvalue weighted by Crippen LogP contribution is -2.06. The van der Waals surface area contributed by atoms with Gasteiger partial charge in [-0.3, -0.25) is 4.79 Å². The van der Waals surface area contributed by atoms with Crippen LogP contribution in [0.4, 0.5) is 5.00 Å². The van der Waals surface area contributed by atoms with E-state index in [4.69, 9.17) is 4.74 Å². The van der Waals surface area contributed by atoms with Crippen molar-refractivity contribution >= 4 is 22.6 Å². The second kappa shape index (κ2) is 10.3. The van der Waals surface area contributed by atoms with Crippen LogP contribution in [0.25, 0.3) is 0 Å². The number of thiophene rings is 1. The highest BCUT2D eigenvalue weighted by atomic mass is 32.1. The minimum Gasteiger partial charge on any atom is -0.489 e. The molecule has 3 nitrogen and oxygen atoms in total. The molecule has 0 radical (unpaired) electrons. The van der Waals surface area contributed by atoms with Crippen LogP contribution in [0.2, 0.25) is 0 Å². The summed E-state index contributed by atoms with van der Waals surface area (Å²) in [5.74, 6) is 0.726. The van der Waals surface area contributed by atoms with Gasteiger partial charge in [-0.2, -0.15) is 0 Å². The Kier molecular flexibility index (Phi) is 8.44. The topological polar surface area (TPSA) is 29.5 Å². The number of carbonyl (C=O) groups is 1. The molecule has 0 N–H and O–H groups in total. The number of aldehydes is 1. The molecule has 1 aromatic heterocycles. The number of aryl methyl sites for hydroxylation is 1. The maximum Gasteiger partial charge on any atom is 0.160 e. The third-order valence-electron chi connectivity index (χ3n) is 3.39. The second-order valence-electron chi connectivity index (χ2n) is 5.26. The number of allylic oxidation sites excluding steroid dienone is 3. The van der Waals surface area contributed by atoms with Gasteiger partial charge in [0.25, 0.3) is 0 Å². The van der Waals surface area contributed by atoms with Crippen LogP contribution in [0.3, 0.4) is 0 Å². The lowest BCUT2D eigenvalue weighted by atomic mass is 10.2. The average molecular weight is 356 g/mol. The van der Waals surface area contributed by atoms with Crippen LogP contribution in [0, 0.1) is 6.92 Å². The van der Waals surface area contributed by atoms with Gasteiger partial charge in [0.05, 0.1) is 9.88 Å². The first-order chi connectivity index (χ1) is 11.6. The molecule has 0 spiro atoms. The summed E-state index contributed by atoms with van der Waals surface area (Å²) in [7, 11) is 1.94. The number of nitrogens with zero attached hydrogens (tertiary/aromatic N) is 1. The Morgan fingerprint density at radius 3 is 2.64 bits per heavy atom. The Bertz CT molecular complexity index is 745. The van der Waals surface area contributed by atoms with Crippen LogP contribution in [0.15, 0.2) is 73.2 Å². The van der Waals surface area contributed by atoms with Crippen molar-refractivity contribution in [3.05, 3.63) is 89.2 Å².